The number of nitrogens with zero attached hydrogens (tertiary/aromatic N) is 1. The standard InChI is InChI=1S/C5H3Cl2N.ClH/c6-4-1-2-8-5(7)3-4;/h1-3H;1H. The highest BCUT2D eigenvalue weighted by Crippen LogP contribution is 2.10. The van der Waals surface area contributed by atoms with E-state index >= 15 is 0 Å². The number of aromatic nitrogens is 1. The van der Waals surface area contributed by atoms with Gasteiger partial charge in [0.05, 0.1) is 0 Å². The third kappa shape index (κ3) is 2.89. The molecule has 0 bridgehead atoms. The zero-order chi connectivity index (χ0) is 5.98. The van der Waals surface area contributed by atoms with E-state index in [9.17, 15) is 0 Å². The summed E-state index contributed by atoms with van der Waals surface area (Å²) < 4.78 is 0. The van der Waals surface area contributed by atoms with Crippen molar-refractivity contribution in [3.05, 3.63) is 28.5 Å². The Hall–Kier alpha value is 0.0200. The highest BCUT2D eigenvalue weighted by molar-refractivity contribution is 6.33. The van der Waals surface area contributed by atoms with Crippen molar-refractivity contribution in [1.82, 2.24) is 4.98 Å². The lowest BCUT2D eigenvalue weighted by molar-refractivity contribution is 1.33. The van der Waals surface area contributed by atoms with E-state index in [1.54, 1.807) is 18.3 Å². The molecule has 1 nitrogen and oxygen atoms in total. The van der Waals surface area contributed by atoms with Crippen molar-refractivity contribution in [2.24, 2.45) is 0 Å². The van der Waals surface area contributed by atoms with Crippen molar-refractivity contribution in [2.75, 3.05) is 0 Å². The SMILES string of the molecule is Cl.Clc1ccnc(Cl)c1. The molecule has 0 spiro atoms. The van der Waals surface area contributed by atoms with Gasteiger partial charge in [-0.15, -0.1) is 12.4 Å². The molecule has 0 radical (unpaired) electrons. The van der Waals surface area contributed by atoms with E-state index < -0.39 is 0 Å². The molecule has 1 heterocycles. The molecular weight excluding hydrogens is 180 g/mol. The van der Waals surface area contributed by atoms with Gasteiger partial charge in [-0.2, -0.15) is 0 Å². The summed E-state index contributed by atoms with van der Waals surface area (Å²) in [6.07, 6.45) is 1.56. The average molecular weight is 184 g/mol. The molecule has 1 aromatic heterocycles. The zero-order valence-electron chi connectivity index (χ0n) is 4.34. The minimum Gasteiger partial charge on any atom is -0.244 e. The van der Waals surface area contributed by atoms with Crippen molar-refractivity contribution < 1.29 is 0 Å². The Morgan fingerprint density at radius 1 is 1.33 bits per heavy atom. The number of halogens is 3. The van der Waals surface area contributed by atoms with E-state index in [1.165, 1.54) is 0 Å². The number of hydrogen-bond acceptors (Lipinski definition) is 1. The molecule has 0 unspecified atom stereocenters. The van der Waals surface area contributed by atoms with Gasteiger partial charge in [0.15, 0.2) is 0 Å². The molecule has 9 heavy (non-hydrogen) atoms. The van der Waals surface area contributed by atoms with E-state index in [2.05, 4.69) is 4.98 Å². The molecule has 0 aliphatic rings. The summed E-state index contributed by atoms with van der Waals surface area (Å²) in [5.41, 5.74) is 0. The summed E-state index contributed by atoms with van der Waals surface area (Å²) in [7, 11) is 0. The molecule has 1 rings (SSSR count). The molecule has 0 saturated heterocycles. The third-order valence-electron chi connectivity index (χ3n) is 0.689. The van der Waals surface area contributed by atoms with Crippen LogP contribution in [0.3, 0.4) is 0 Å². The van der Waals surface area contributed by atoms with Crippen molar-refractivity contribution in [1.29, 1.82) is 0 Å². The van der Waals surface area contributed by atoms with Crippen molar-refractivity contribution >= 4 is 35.6 Å². The van der Waals surface area contributed by atoms with Crippen LogP contribution in [-0.2, 0) is 0 Å². The predicted octanol–water partition coefficient (Wildman–Crippen LogP) is 2.81. The van der Waals surface area contributed by atoms with Crippen LogP contribution in [0.2, 0.25) is 10.2 Å². The Balaban J connectivity index is 0.000000640. The third-order valence-corrected chi connectivity index (χ3v) is 1.13. The molecule has 0 N–H and O–H groups in total. The fraction of sp³-hybridized carbons (Fsp3) is 0. The van der Waals surface area contributed by atoms with Crippen LogP contribution in [0, 0.1) is 0 Å². The van der Waals surface area contributed by atoms with Gasteiger partial charge in [-0.3, -0.25) is 0 Å². The van der Waals surface area contributed by atoms with Gasteiger partial charge in [-0.05, 0) is 12.1 Å². The van der Waals surface area contributed by atoms with Gasteiger partial charge in [-0.1, -0.05) is 23.2 Å². The maximum absolute atomic E-state index is 5.52. The second-order valence-corrected chi connectivity index (χ2v) is 2.12. The van der Waals surface area contributed by atoms with Gasteiger partial charge in [-0.25, -0.2) is 4.98 Å². The Bertz CT molecular complexity index is 172. The van der Waals surface area contributed by atoms with Crippen LogP contribution in [0.25, 0.3) is 0 Å². The normalized spacial score (nSPS) is 8.22. The predicted molar refractivity (Wildman–Crippen MR) is 41.5 cm³/mol. The Morgan fingerprint density at radius 3 is 2.33 bits per heavy atom. The van der Waals surface area contributed by atoms with E-state index in [-0.39, 0.29) is 12.4 Å². The summed E-state index contributed by atoms with van der Waals surface area (Å²) in [6, 6.07) is 3.26. The molecule has 50 valence electrons. The fourth-order valence-electron chi connectivity index (χ4n) is 0.379. The fourth-order valence-corrected chi connectivity index (χ4v) is 0.768. The summed E-state index contributed by atoms with van der Waals surface area (Å²) in [5, 5.41) is 1.04. The van der Waals surface area contributed by atoms with Crippen LogP contribution < -0.4 is 0 Å². The average Bonchev–Trinajstić information content (AvgIpc) is 1.64. The summed E-state index contributed by atoms with van der Waals surface area (Å²) in [6.45, 7) is 0. The molecular formula is C5H4Cl3N. The lowest BCUT2D eigenvalue weighted by atomic mass is 10.5. The van der Waals surface area contributed by atoms with Crippen molar-refractivity contribution in [2.45, 2.75) is 0 Å². The Morgan fingerprint density at radius 2 is 2.00 bits per heavy atom. The van der Waals surface area contributed by atoms with Crippen LogP contribution in [-0.4, -0.2) is 4.98 Å². The molecule has 0 saturated carbocycles. The maximum Gasteiger partial charge on any atom is 0.130 e. The number of pyridine rings is 1. The zero-order valence-corrected chi connectivity index (χ0v) is 6.67. The van der Waals surface area contributed by atoms with E-state index in [1.807, 2.05) is 0 Å². The first kappa shape index (κ1) is 9.02. The minimum absolute atomic E-state index is 0. The number of rotatable bonds is 0. The van der Waals surface area contributed by atoms with Crippen LogP contribution in [0.4, 0.5) is 0 Å². The second-order valence-electron chi connectivity index (χ2n) is 1.30. The quantitative estimate of drug-likeness (QED) is 0.565. The van der Waals surface area contributed by atoms with Crippen LogP contribution >= 0.6 is 35.6 Å². The summed E-state index contributed by atoms with van der Waals surface area (Å²) in [4.78, 5) is 3.72. The highest BCUT2D eigenvalue weighted by Gasteiger charge is 1.86. The van der Waals surface area contributed by atoms with Gasteiger partial charge in [0.1, 0.15) is 5.15 Å². The topological polar surface area (TPSA) is 12.9 Å². The first-order valence-corrected chi connectivity index (χ1v) is 2.82. The highest BCUT2D eigenvalue weighted by atomic mass is 35.5. The molecule has 0 aliphatic heterocycles. The van der Waals surface area contributed by atoms with E-state index in [0.29, 0.717) is 10.2 Å². The maximum atomic E-state index is 5.52. The molecule has 0 atom stereocenters. The molecule has 4 heteroatoms. The summed E-state index contributed by atoms with van der Waals surface area (Å²) in [5.74, 6) is 0. The monoisotopic (exact) mass is 183 g/mol. The first-order valence-electron chi connectivity index (χ1n) is 2.06. The van der Waals surface area contributed by atoms with Gasteiger partial charge >= 0.3 is 0 Å². The molecule has 0 aliphatic carbocycles. The van der Waals surface area contributed by atoms with Crippen molar-refractivity contribution in [3.8, 4) is 0 Å². The van der Waals surface area contributed by atoms with Gasteiger partial charge < -0.3 is 0 Å². The smallest absolute Gasteiger partial charge is 0.130 e. The Labute approximate surface area is 69.4 Å². The molecule has 0 fully saturated rings. The van der Waals surface area contributed by atoms with Gasteiger partial charge in [0.2, 0.25) is 0 Å². The second kappa shape index (κ2) is 3.94. The lowest BCUT2D eigenvalue weighted by Crippen LogP contribution is -1.69. The van der Waals surface area contributed by atoms with Crippen molar-refractivity contribution in [3.63, 3.8) is 0 Å². The number of hydrogen-bond donors (Lipinski definition) is 0. The molecule has 0 aromatic carbocycles. The van der Waals surface area contributed by atoms with E-state index in [0.717, 1.165) is 0 Å². The van der Waals surface area contributed by atoms with Crippen LogP contribution in [0.1, 0.15) is 0 Å². The van der Waals surface area contributed by atoms with Crippen LogP contribution in [0.5, 0.6) is 0 Å². The van der Waals surface area contributed by atoms with E-state index in [4.69, 9.17) is 23.2 Å². The molecule has 1 aromatic rings. The van der Waals surface area contributed by atoms with Crippen LogP contribution in [0.15, 0.2) is 18.3 Å². The summed E-state index contributed by atoms with van der Waals surface area (Å²) >= 11 is 11.0. The van der Waals surface area contributed by atoms with Gasteiger partial charge in [0.25, 0.3) is 0 Å². The largest absolute Gasteiger partial charge is 0.244 e. The minimum atomic E-state index is 0. The first-order chi connectivity index (χ1) is 3.79. The Kier molecular flexibility index (Phi) is 3.95. The molecule has 0 amide bonds. The van der Waals surface area contributed by atoms with Gasteiger partial charge in [0, 0.05) is 11.2 Å². The lowest BCUT2D eigenvalue weighted by Gasteiger charge is -1.85.